The molecule has 0 radical (unpaired) electrons. The molecule has 1 amide bonds. The van der Waals surface area contributed by atoms with Gasteiger partial charge in [-0.1, -0.05) is 274 Å². The second kappa shape index (κ2) is 53.9. The molecule has 2 rings (SSSR count). The number of carbonyl (C=O) groups excluding carboxylic acids is 1. The smallest absolute Gasteiger partial charge is 0.220 e. The van der Waals surface area contributed by atoms with Crippen LogP contribution in [-0.4, -0.2) is 140 Å². The fraction of sp³-hybridized carbons (Fsp3) is 0.841. The van der Waals surface area contributed by atoms with Crippen molar-refractivity contribution in [2.24, 2.45) is 0 Å². The number of ether oxygens (including phenoxy) is 4. The first-order chi connectivity index (χ1) is 40.6. The van der Waals surface area contributed by atoms with Crippen LogP contribution in [0.3, 0.4) is 0 Å². The number of allylic oxidation sites excluding steroid dienone is 9. The van der Waals surface area contributed by atoms with Gasteiger partial charge in [0.15, 0.2) is 12.6 Å². The molecule has 2 heterocycles. The molecule has 14 nitrogen and oxygen atoms in total. The molecule has 0 aromatic heterocycles. The van der Waals surface area contributed by atoms with E-state index in [0.717, 1.165) is 64.2 Å². The van der Waals surface area contributed by atoms with E-state index in [-0.39, 0.29) is 18.9 Å². The second-order valence-corrected chi connectivity index (χ2v) is 23.9. The number of aliphatic hydroxyl groups excluding tert-OH is 8. The Hall–Kier alpha value is -2.31. The van der Waals surface area contributed by atoms with Crippen molar-refractivity contribution in [3.63, 3.8) is 0 Å². The van der Waals surface area contributed by atoms with E-state index in [1.165, 1.54) is 186 Å². The third kappa shape index (κ3) is 38.6. The Morgan fingerprint density at radius 3 is 1.28 bits per heavy atom. The third-order valence-corrected chi connectivity index (χ3v) is 16.5. The summed E-state index contributed by atoms with van der Waals surface area (Å²) in [6.07, 6.45) is 54.1. The van der Waals surface area contributed by atoms with Crippen LogP contribution in [-0.2, 0) is 23.7 Å². The minimum absolute atomic E-state index is 0.237. The van der Waals surface area contributed by atoms with Gasteiger partial charge in [-0.15, -0.1) is 0 Å². The van der Waals surface area contributed by atoms with Crippen molar-refractivity contribution in [2.45, 2.75) is 351 Å². The van der Waals surface area contributed by atoms with Crippen LogP contribution in [0.2, 0.25) is 0 Å². The highest BCUT2D eigenvalue weighted by Gasteiger charge is 2.51. The highest BCUT2D eigenvalue weighted by atomic mass is 16.7. The van der Waals surface area contributed by atoms with Crippen molar-refractivity contribution in [3.05, 3.63) is 60.8 Å². The van der Waals surface area contributed by atoms with Gasteiger partial charge in [0.1, 0.15) is 48.8 Å². The maximum Gasteiger partial charge on any atom is 0.220 e. The maximum absolute atomic E-state index is 13.3. The molecule has 0 aliphatic carbocycles. The number of carbonyl (C=O) groups is 1. The summed E-state index contributed by atoms with van der Waals surface area (Å²) in [6.45, 7) is 2.71. The fourth-order valence-corrected chi connectivity index (χ4v) is 11.0. The third-order valence-electron chi connectivity index (χ3n) is 16.5. The van der Waals surface area contributed by atoms with Crippen molar-refractivity contribution < 1.29 is 64.6 Å². The van der Waals surface area contributed by atoms with Gasteiger partial charge >= 0.3 is 0 Å². The summed E-state index contributed by atoms with van der Waals surface area (Å²) in [6, 6.07) is -0.916. The number of rotatable bonds is 55. The molecule has 484 valence electrons. The molecule has 0 saturated carbocycles. The van der Waals surface area contributed by atoms with Gasteiger partial charge in [-0.05, 0) is 57.8 Å². The summed E-state index contributed by atoms with van der Waals surface area (Å²) >= 11 is 0. The Balaban J connectivity index is 1.66. The molecule has 12 atom stereocenters. The Labute approximate surface area is 505 Å². The zero-order valence-corrected chi connectivity index (χ0v) is 52.4. The molecule has 9 N–H and O–H groups in total. The Morgan fingerprint density at radius 1 is 0.446 bits per heavy atom. The second-order valence-electron chi connectivity index (χ2n) is 23.9. The van der Waals surface area contributed by atoms with Crippen LogP contribution >= 0.6 is 0 Å². The van der Waals surface area contributed by atoms with E-state index in [4.69, 9.17) is 18.9 Å². The Morgan fingerprint density at radius 2 is 0.831 bits per heavy atom. The van der Waals surface area contributed by atoms with E-state index in [2.05, 4.69) is 67.8 Å². The van der Waals surface area contributed by atoms with Crippen molar-refractivity contribution in [1.29, 1.82) is 0 Å². The standard InChI is InChI=1S/C69H125NO13/c1-3-5-7-9-11-13-15-17-19-21-23-24-25-26-27-28-29-30-31-32-33-34-35-37-39-41-43-45-47-49-51-53-61(74)70-57(58(73)52-50-48-46-44-42-40-38-36-22-20-18-16-14-12-10-8-6-4-2)56-80-68-66(79)64(77)67(60(55-72)82-68)83-69-65(78)63(76)62(75)59(54-71)81-69/h5,7,11,13,17,19,23-24,50,52,57-60,62-69,71-73,75-79H,3-4,6,8-10,12,14-16,18,20-22,25-49,51,53-56H2,1-2H3,(H,70,74)/b7-5-,13-11-,19-17-,24-23-,52-50+. The van der Waals surface area contributed by atoms with E-state index < -0.39 is 86.8 Å². The van der Waals surface area contributed by atoms with Gasteiger partial charge in [0.25, 0.3) is 0 Å². The minimum Gasteiger partial charge on any atom is -0.394 e. The molecule has 0 aromatic rings. The van der Waals surface area contributed by atoms with Gasteiger partial charge in [0.05, 0.1) is 32.0 Å². The zero-order valence-electron chi connectivity index (χ0n) is 52.4. The number of hydrogen-bond acceptors (Lipinski definition) is 13. The first-order valence-corrected chi connectivity index (χ1v) is 34.0. The highest BCUT2D eigenvalue weighted by molar-refractivity contribution is 5.76. The van der Waals surface area contributed by atoms with Gasteiger partial charge in [0.2, 0.25) is 5.91 Å². The number of unbranched alkanes of at least 4 members (excludes halogenated alkanes) is 34. The van der Waals surface area contributed by atoms with Crippen LogP contribution in [0.5, 0.6) is 0 Å². The van der Waals surface area contributed by atoms with E-state index in [1.807, 2.05) is 6.08 Å². The summed E-state index contributed by atoms with van der Waals surface area (Å²) in [4.78, 5) is 13.3. The molecule has 2 saturated heterocycles. The summed E-state index contributed by atoms with van der Waals surface area (Å²) in [5.74, 6) is -0.237. The van der Waals surface area contributed by atoms with E-state index in [9.17, 15) is 45.6 Å². The quantitative estimate of drug-likeness (QED) is 0.0204. The normalized spacial score (nSPS) is 24.2. The Bertz CT molecular complexity index is 1620. The molecule has 83 heavy (non-hydrogen) atoms. The van der Waals surface area contributed by atoms with Crippen LogP contribution in [0, 0.1) is 0 Å². The lowest BCUT2D eigenvalue weighted by atomic mass is 9.97. The van der Waals surface area contributed by atoms with Gasteiger partial charge in [-0.2, -0.15) is 0 Å². The number of hydrogen-bond donors (Lipinski definition) is 9. The predicted molar refractivity (Wildman–Crippen MR) is 337 cm³/mol. The van der Waals surface area contributed by atoms with Gasteiger partial charge in [-0.25, -0.2) is 0 Å². The first kappa shape index (κ1) is 76.8. The summed E-state index contributed by atoms with van der Waals surface area (Å²) in [5.41, 5.74) is 0. The van der Waals surface area contributed by atoms with E-state index >= 15 is 0 Å². The zero-order chi connectivity index (χ0) is 60.2. The van der Waals surface area contributed by atoms with Crippen molar-refractivity contribution >= 4 is 5.91 Å². The SMILES string of the molecule is CC/C=C\C/C=C\C/C=C\C/C=C\CCCCCCCCCCCCCCCCCCCCC(=O)NC(COC1OC(CO)C(OC2OC(CO)C(O)C(O)C2O)C(O)C1O)C(O)/C=C/CCCCCCCCCCCCCCCCCC. The molecular weight excluding hydrogens is 1050 g/mol. The number of aliphatic hydroxyl groups is 8. The van der Waals surface area contributed by atoms with E-state index in [1.54, 1.807) is 6.08 Å². The van der Waals surface area contributed by atoms with Gasteiger partial charge in [0, 0.05) is 6.42 Å². The largest absolute Gasteiger partial charge is 0.394 e. The molecule has 0 aromatic carbocycles. The average molecular weight is 1180 g/mol. The van der Waals surface area contributed by atoms with Crippen molar-refractivity contribution in [2.75, 3.05) is 19.8 Å². The average Bonchev–Trinajstić information content (AvgIpc) is 3.64. The summed E-state index contributed by atoms with van der Waals surface area (Å²) < 4.78 is 22.8. The monoisotopic (exact) mass is 1180 g/mol. The molecule has 12 unspecified atom stereocenters. The van der Waals surface area contributed by atoms with Crippen LogP contribution in [0.4, 0.5) is 0 Å². The molecule has 0 spiro atoms. The van der Waals surface area contributed by atoms with Gasteiger partial charge < -0.3 is 65.1 Å². The van der Waals surface area contributed by atoms with Crippen LogP contribution < -0.4 is 5.32 Å². The molecule has 2 aliphatic heterocycles. The van der Waals surface area contributed by atoms with Gasteiger partial charge in [-0.3, -0.25) is 4.79 Å². The van der Waals surface area contributed by atoms with Crippen LogP contribution in [0.1, 0.15) is 277 Å². The lowest BCUT2D eigenvalue weighted by Gasteiger charge is -2.46. The summed E-state index contributed by atoms with van der Waals surface area (Å²) in [5, 5.41) is 87.3. The molecule has 2 fully saturated rings. The van der Waals surface area contributed by atoms with Crippen molar-refractivity contribution in [1.82, 2.24) is 5.32 Å². The van der Waals surface area contributed by atoms with E-state index in [0.29, 0.717) is 6.42 Å². The minimum atomic E-state index is -1.79. The molecule has 0 bridgehead atoms. The van der Waals surface area contributed by atoms with Crippen LogP contribution in [0.25, 0.3) is 0 Å². The van der Waals surface area contributed by atoms with Crippen molar-refractivity contribution in [3.8, 4) is 0 Å². The van der Waals surface area contributed by atoms with Crippen LogP contribution in [0.15, 0.2) is 60.8 Å². The first-order valence-electron chi connectivity index (χ1n) is 34.0. The lowest BCUT2D eigenvalue weighted by Crippen LogP contribution is -2.65. The molecular formula is C69H125NO13. The fourth-order valence-electron chi connectivity index (χ4n) is 11.0. The lowest BCUT2D eigenvalue weighted by molar-refractivity contribution is -0.359. The predicted octanol–water partition coefficient (Wildman–Crippen LogP) is 13.3. The maximum atomic E-state index is 13.3. The number of amides is 1. The topological polar surface area (TPSA) is 228 Å². The molecule has 14 heteroatoms. The Kier molecular flexibility index (Phi) is 49.9. The molecule has 2 aliphatic rings. The highest BCUT2D eigenvalue weighted by Crippen LogP contribution is 2.30. The number of nitrogens with one attached hydrogen (secondary N) is 1. The summed E-state index contributed by atoms with van der Waals surface area (Å²) in [7, 11) is 0.